The third-order valence-electron chi connectivity index (χ3n) is 3.05. The van der Waals surface area contributed by atoms with Gasteiger partial charge in [-0.05, 0) is 25.1 Å². The van der Waals surface area contributed by atoms with Crippen molar-refractivity contribution in [1.82, 2.24) is 10.6 Å². The largest absolute Gasteiger partial charge is 0.472 e. The lowest BCUT2D eigenvalue weighted by Crippen LogP contribution is -2.45. The molecule has 1 aromatic carbocycles. The highest BCUT2D eigenvalue weighted by Crippen LogP contribution is 2.03. The Balaban J connectivity index is 1.67. The van der Waals surface area contributed by atoms with Gasteiger partial charge < -0.3 is 20.4 Å². The molecule has 116 valence electrons. The number of hydrogen-bond acceptors (Lipinski definition) is 4. The summed E-state index contributed by atoms with van der Waals surface area (Å²) in [6.07, 6.45) is 2.75. The number of nitrogens with one attached hydrogen (secondary N) is 3. The summed E-state index contributed by atoms with van der Waals surface area (Å²) in [6, 6.07) is 10.7. The predicted molar refractivity (Wildman–Crippen MR) is 83.6 cm³/mol. The van der Waals surface area contributed by atoms with E-state index in [1.54, 1.807) is 13.0 Å². The molecule has 0 saturated carbocycles. The quantitative estimate of drug-likeness (QED) is 0.679. The summed E-state index contributed by atoms with van der Waals surface area (Å²) in [5.41, 5.74) is 1.39. The van der Waals surface area contributed by atoms with E-state index in [0.29, 0.717) is 18.7 Å². The minimum Gasteiger partial charge on any atom is -0.472 e. The lowest BCUT2D eigenvalue weighted by molar-refractivity contribution is -0.122. The van der Waals surface area contributed by atoms with E-state index in [1.165, 1.54) is 12.5 Å². The van der Waals surface area contributed by atoms with Gasteiger partial charge in [-0.25, -0.2) is 0 Å². The Labute approximate surface area is 128 Å². The maximum absolute atomic E-state index is 11.9. The number of hydrogen-bond donors (Lipinski definition) is 3. The van der Waals surface area contributed by atoms with Crippen LogP contribution in [-0.2, 0) is 4.79 Å². The summed E-state index contributed by atoms with van der Waals surface area (Å²) in [4.78, 5) is 23.7. The third-order valence-corrected chi connectivity index (χ3v) is 3.05. The predicted octanol–water partition coefficient (Wildman–Crippen LogP) is 1.63. The smallest absolute Gasteiger partial charge is 0.255 e. The van der Waals surface area contributed by atoms with Gasteiger partial charge in [0, 0.05) is 18.8 Å². The zero-order chi connectivity index (χ0) is 15.8. The average Bonchev–Trinajstić information content (AvgIpc) is 3.07. The number of carbonyl (C=O) groups is 2. The summed E-state index contributed by atoms with van der Waals surface area (Å²) < 4.78 is 4.83. The topological polar surface area (TPSA) is 83.4 Å². The summed E-state index contributed by atoms with van der Waals surface area (Å²) >= 11 is 0. The van der Waals surface area contributed by atoms with E-state index in [1.807, 2.05) is 30.3 Å². The van der Waals surface area contributed by atoms with Gasteiger partial charge in [0.15, 0.2) is 0 Å². The van der Waals surface area contributed by atoms with Gasteiger partial charge in [0.25, 0.3) is 5.91 Å². The Morgan fingerprint density at radius 2 is 1.91 bits per heavy atom. The molecule has 0 aliphatic rings. The van der Waals surface area contributed by atoms with E-state index in [4.69, 9.17) is 4.42 Å². The zero-order valence-corrected chi connectivity index (χ0v) is 12.3. The summed E-state index contributed by atoms with van der Waals surface area (Å²) in [6.45, 7) is 2.72. The number of benzene rings is 1. The van der Waals surface area contributed by atoms with Crippen molar-refractivity contribution in [3.8, 4) is 0 Å². The van der Waals surface area contributed by atoms with Crippen LogP contribution in [0.1, 0.15) is 17.3 Å². The first-order chi connectivity index (χ1) is 10.7. The van der Waals surface area contributed by atoms with Crippen molar-refractivity contribution in [1.29, 1.82) is 0 Å². The number of furan rings is 1. The normalized spacial score (nSPS) is 11.5. The van der Waals surface area contributed by atoms with Crippen LogP contribution in [0.15, 0.2) is 53.3 Å². The minimum absolute atomic E-state index is 0.230. The molecule has 2 amide bonds. The van der Waals surface area contributed by atoms with Gasteiger partial charge in [-0.15, -0.1) is 0 Å². The molecule has 6 nitrogen and oxygen atoms in total. The molecule has 1 atom stereocenters. The molecule has 0 aliphatic carbocycles. The molecule has 0 saturated heterocycles. The Morgan fingerprint density at radius 3 is 2.59 bits per heavy atom. The lowest BCUT2D eigenvalue weighted by Gasteiger charge is -2.14. The standard InChI is InChI=1S/C16H19N3O3/c1-12(19-16(21)13-7-10-22-11-13)15(20)18-9-8-17-14-5-3-2-4-6-14/h2-7,10-12,17H,8-9H2,1H3,(H,18,20)(H,19,21)/t12-/m0/s1. The number of anilines is 1. The van der Waals surface area contributed by atoms with Crippen LogP contribution in [-0.4, -0.2) is 30.9 Å². The number of amides is 2. The van der Waals surface area contributed by atoms with E-state index in [-0.39, 0.29) is 11.8 Å². The van der Waals surface area contributed by atoms with Crippen molar-refractivity contribution in [3.05, 3.63) is 54.5 Å². The van der Waals surface area contributed by atoms with E-state index in [9.17, 15) is 9.59 Å². The van der Waals surface area contributed by atoms with Crippen LogP contribution < -0.4 is 16.0 Å². The van der Waals surface area contributed by atoms with Crippen molar-refractivity contribution in [2.75, 3.05) is 18.4 Å². The second-order valence-corrected chi connectivity index (χ2v) is 4.79. The molecule has 0 radical (unpaired) electrons. The van der Waals surface area contributed by atoms with Crippen LogP contribution in [0.2, 0.25) is 0 Å². The molecule has 22 heavy (non-hydrogen) atoms. The van der Waals surface area contributed by atoms with Crippen molar-refractivity contribution in [2.45, 2.75) is 13.0 Å². The molecule has 6 heteroatoms. The van der Waals surface area contributed by atoms with E-state index in [2.05, 4.69) is 16.0 Å². The lowest BCUT2D eigenvalue weighted by atomic mass is 10.2. The highest BCUT2D eigenvalue weighted by Gasteiger charge is 2.16. The average molecular weight is 301 g/mol. The summed E-state index contributed by atoms with van der Waals surface area (Å²) in [5, 5.41) is 8.56. The van der Waals surface area contributed by atoms with Gasteiger partial charge in [-0.1, -0.05) is 18.2 Å². The van der Waals surface area contributed by atoms with E-state index in [0.717, 1.165) is 5.69 Å². The Kier molecular flexibility index (Phi) is 5.59. The number of rotatable bonds is 7. The van der Waals surface area contributed by atoms with Gasteiger partial charge in [-0.3, -0.25) is 9.59 Å². The molecule has 0 spiro atoms. The zero-order valence-electron chi connectivity index (χ0n) is 12.3. The first-order valence-electron chi connectivity index (χ1n) is 7.06. The number of para-hydroxylation sites is 1. The molecular formula is C16H19N3O3. The molecule has 1 aromatic heterocycles. The fourth-order valence-corrected chi connectivity index (χ4v) is 1.84. The summed E-state index contributed by atoms with van der Waals surface area (Å²) in [7, 11) is 0. The first-order valence-corrected chi connectivity index (χ1v) is 7.06. The second kappa shape index (κ2) is 7.87. The van der Waals surface area contributed by atoms with Crippen molar-refractivity contribution >= 4 is 17.5 Å². The molecule has 0 unspecified atom stereocenters. The molecule has 2 aromatic rings. The van der Waals surface area contributed by atoms with Gasteiger partial charge in [-0.2, -0.15) is 0 Å². The molecule has 1 heterocycles. The fraction of sp³-hybridized carbons (Fsp3) is 0.250. The molecule has 2 rings (SSSR count). The van der Waals surface area contributed by atoms with Crippen LogP contribution in [0.25, 0.3) is 0 Å². The Hall–Kier alpha value is -2.76. The van der Waals surface area contributed by atoms with Crippen molar-refractivity contribution < 1.29 is 14.0 Å². The van der Waals surface area contributed by atoms with Crippen LogP contribution in [0.5, 0.6) is 0 Å². The van der Waals surface area contributed by atoms with Crippen molar-refractivity contribution in [3.63, 3.8) is 0 Å². The van der Waals surface area contributed by atoms with E-state index >= 15 is 0 Å². The maximum Gasteiger partial charge on any atom is 0.255 e. The molecular weight excluding hydrogens is 282 g/mol. The van der Waals surface area contributed by atoms with Gasteiger partial charge in [0.05, 0.1) is 11.8 Å². The van der Waals surface area contributed by atoms with Gasteiger partial charge >= 0.3 is 0 Å². The Bertz CT molecular complexity index is 596. The monoisotopic (exact) mass is 301 g/mol. The maximum atomic E-state index is 11.9. The first kappa shape index (κ1) is 15.6. The second-order valence-electron chi connectivity index (χ2n) is 4.79. The minimum atomic E-state index is -0.612. The highest BCUT2D eigenvalue weighted by molar-refractivity contribution is 5.97. The van der Waals surface area contributed by atoms with Crippen LogP contribution >= 0.6 is 0 Å². The molecule has 0 aliphatic heterocycles. The van der Waals surface area contributed by atoms with Crippen LogP contribution in [0, 0.1) is 0 Å². The van der Waals surface area contributed by atoms with Gasteiger partial charge in [0.2, 0.25) is 5.91 Å². The fourth-order valence-electron chi connectivity index (χ4n) is 1.84. The highest BCUT2D eigenvalue weighted by atomic mass is 16.3. The Morgan fingerprint density at radius 1 is 1.14 bits per heavy atom. The third kappa shape index (κ3) is 4.66. The van der Waals surface area contributed by atoms with Gasteiger partial charge in [0.1, 0.15) is 12.3 Å². The van der Waals surface area contributed by atoms with Crippen LogP contribution in [0.3, 0.4) is 0 Å². The SMILES string of the molecule is C[C@H](NC(=O)c1ccoc1)C(=O)NCCNc1ccccc1. The van der Waals surface area contributed by atoms with Crippen LogP contribution in [0.4, 0.5) is 5.69 Å². The molecule has 3 N–H and O–H groups in total. The summed E-state index contributed by atoms with van der Waals surface area (Å²) in [5.74, 6) is -0.564. The number of carbonyl (C=O) groups excluding carboxylic acids is 2. The molecule has 0 fully saturated rings. The van der Waals surface area contributed by atoms with E-state index < -0.39 is 6.04 Å². The molecule has 0 bridgehead atoms. The van der Waals surface area contributed by atoms with Crippen molar-refractivity contribution in [2.24, 2.45) is 0 Å².